The summed E-state index contributed by atoms with van der Waals surface area (Å²) in [5.41, 5.74) is 1.52. The number of rotatable bonds is 7. The molecule has 0 saturated carbocycles. The monoisotopic (exact) mass is 316 g/mol. The van der Waals surface area contributed by atoms with E-state index in [4.69, 9.17) is 18.9 Å². The number of carbonyl (C=O) groups excluding carboxylic acids is 1. The molecule has 1 saturated heterocycles. The molecule has 22 heavy (non-hydrogen) atoms. The summed E-state index contributed by atoms with van der Waals surface area (Å²) >= 11 is 0. The molecule has 0 spiro atoms. The van der Waals surface area contributed by atoms with Crippen LogP contribution < -0.4 is 0 Å². The molecule has 5 nitrogen and oxygen atoms in total. The van der Waals surface area contributed by atoms with Crippen molar-refractivity contribution in [2.75, 3.05) is 26.5 Å². The van der Waals surface area contributed by atoms with Crippen LogP contribution in [0, 0.1) is 5.92 Å². The van der Waals surface area contributed by atoms with Gasteiger partial charge in [0.1, 0.15) is 0 Å². The molecule has 1 atom stereocenters. The van der Waals surface area contributed by atoms with Gasteiger partial charge in [0, 0.05) is 5.92 Å². The second kappa shape index (κ2) is 9.22. The van der Waals surface area contributed by atoms with E-state index < -0.39 is 19.1 Å². The summed E-state index contributed by atoms with van der Waals surface area (Å²) in [4.78, 5) is 11.1. The van der Waals surface area contributed by atoms with Crippen molar-refractivity contribution in [2.45, 2.75) is 51.6 Å². The zero-order chi connectivity index (χ0) is 15.8. The van der Waals surface area contributed by atoms with Gasteiger partial charge >= 0.3 is 12.4 Å². The molecule has 0 aromatic rings. The number of alkyl halides is 1. The minimum Gasteiger partial charge on any atom is -0.410 e. The van der Waals surface area contributed by atoms with E-state index in [9.17, 15) is 9.18 Å². The zero-order valence-corrected chi connectivity index (χ0v) is 13.1. The van der Waals surface area contributed by atoms with Gasteiger partial charge in [-0.15, -0.1) is 0 Å². The average molecular weight is 316 g/mol. The molecule has 2 aliphatic rings. The van der Waals surface area contributed by atoms with Crippen LogP contribution in [0.4, 0.5) is 4.39 Å². The number of ether oxygens (including phenoxy) is 4. The van der Waals surface area contributed by atoms with Crippen LogP contribution in [-0.4, -0.2) is 45.0 Å². The third-order valence-corrected chi connectivity index (χ3v) is 3.94. The minimum absolute atomic E-state index is 0.132. The van der Waals surface area contributed by atoms with E-state index in [2.05, 4.69) is 13.0 Å². The fourth-order valence-corrected chi connectivity index (χ4v) is 2.54. The molecule has 1 fully saturated rings. The van der Waals surface area contributed by atoms with Crippen LogP contribution in [0.15, 0.2) is 11.6 Å². The summed E-state index contributed by atoms with van der Waals surface area (Å²) in [6.07, 6.45) is 6.56. The molecule has 1 heterocycles. The van der Waals surface area contributed by atoms with Gasteiger partial charge in [-0.3, -0.25) is 9.18 Å². The Labute approximate surface area is 130 Å². The van der Waals surface area contributed by atoms with Gasteiger partial charge in [-0.1, -0.05) is 18.6 Å². The third kappa shape index (κ3) is 5.66. The van der Waals surface area contributed by atoms with Crippen molar-refractivity contribution in [3.05, 3.63) is 11.6 Å². The molecular weight excluding hydrogens is 291 g/mol. The second-order valence-corrected chi connectivity index (χ2v) is 5.70. The van der Waals surface area contributed by atoms with Gasteiger partial charge in [0.25, 0.3) is 0 Å². The van der Waals surface area contributed by atoms with Crippen LogP contribution >= 0.6 is 0 Å². The molecule has 1 aliphatic carbocycles. The van der Waals surface area contributed by atoms with Crippen molar-refractivity contribution in [2.24, 2.45) is 5.92 Å². The van der Waals surface area contributed by atoms with E-state index in [1.807, 2.05) is 0 Å². The van der Waals surface area contributed by atoms with Crippen LogP contribution in [-0.2, 0) is 23.7 Å². The van der Waals surface area contributed by atoms with Crippen LogP contribution in [0.3, 0.4) is 0 Å². The Bertz CT molecular complexity index is 377. The summed E-state index contributed by atoms with van der Waals surface area (Å²) in [5, 5.41) is 0. The molecular formula is C16H25FO5. The van der Waals surface area contributed by atoms with E-state index in [1.165, 1.54) is 5.57 Å². The Morgan fingerprint density at radius 1 is 1.41 bits per heavy atom. The molecule has 1 unspecified atom stereocenters. The van der Waals surface area contributed by atoms with E-state index in [-0.39, 0.29) is 18.4 Å². The Hall–Kier alpha value is -0.980. The Morgan fingerprint density at radius 3 is 2.77 bits per heavy atom. The Kier molecular flexibility index (Phi) is 7.29. The van der Waals surface area contributed by atoms with Crippen molar-refractivity contribution >= 4 is 5.97 Å². The quantitative estimate of drug-likeness (QED) is 0.534. The molecule has 6 heteroatoms. The first-order chi connectivity index (χ1) is 10.7. The van der Waals surface area contributed by atoms with E-state index in [0.29, 0.717) is 19.8 Å². The first-order valence-electron chi connectivity index (χ1n) is 7.99. The van der Waals surface area contributed by atoms with Crippen molar-refractivity contribution in [1.29, 1.82) is 0 Å². The Morgan fingerprint density at radius 2 is 2.18 bits per heavy atom. The number of hydrogen-bond acceptors (Lipinski definition) is 5. The molecule has 0 aromatic carbocycles. The summed E-state index contributed by atoms with van der Waals surface area (Å²) in [6.45, 7) is 1.83. The average Bonchev–Trinajstić information content (AvgIpc) is 2.55. The lowest BCUT2D eigenvalue weighted by Gasteiger charge is -2.30. The highest BCUT2D eigenvalue weighted by Gasteiger charge is 2.26. The van der Waals surface area contributed by atoms with Crippen LogP contribution in [0.2, 0.25) is 0 Å². The van der Waals surface area contributed by atoms with Gasteiger partial charge in [0.2, 0.25) is 0 Å². The molecule has 1 aliphatic heterocycles. The third-order valence-electron chi connectivity index (χ3n) is 3.94. The van der Waals surface area contributed by atoms with Crippen molar-refractivity contribution in [3.8, 4) is 0 Å². The van der Waals surface area contributed by atoms with Gasteiger partial charge in [-0.05, 0) is 25.7 Å². The molecule has 0 amide bonds. The maximum atomic E-state index is 12.0. The summed E-state index contributed by atoms with van der Waals surface area (Å²) in [5.74, 6) is -0.518. The number of hydrogen-bond donors (Lipinski definition) is 0. The molecule has 0 bridgehead atoms. The van der Waals surface area contributed by atoms with Gasteiger partial charge in [0.05, 0.1) is 39.0 Å². The fraction of sp³-hybridized carbons (Fsp3) is 0.812. The first kappa shape index (κ1) is 17.4. The van der Waals surface area contributed by atoms with Gasteiger partial charge < -0.3 is 18.9 Å². The molecule has 2 rings (SSSR count). The molecule has 126 valence electrons. The SMILES string of the molecule is CCC1=CCC(OCC2COC(OC(=O)CCF)OC2)CC1. The maximum absolute atomic E-state index is 12.0. The standard InChI is InChI=1S/C16H25FO5/c1-2-12-3-5-14(6-4-12)19-9-13-10-20-16(21-11-13)22-15(18)7-8-17/h3,13-14,16H,2,4-11H2,1H3. The number of carbonyl (C=O) groups is 1. The predicted octanol–water partition coefficient (Wildman–Crippen LogP) is 2.74. The minimum atomic E-state index is -1.01. The smallest absolute Gasteiger partial charge is 0.318 e. The number of allylic oxidation sites excluding steroid dienone is 1. The lowest BCUT2D eigenvalue weighted by molar-refractivity contribution is -0.311. The summed E-state index contributed by atoms with van der Waals surface area (Å²) in [7, 11) is 0. The lowest BCUT2D eigenvalue weighted by atomic mass is 9.95. The zero-order valence-electron chi connectivity index (χ0n) is 13.1. The molecule has 0 aromatic heterocycles. The van der Waals surface area contributed by atoms with Crippen molar-refractivity contribution < 1.29 is 28.1 Å². The van der Waals surface area contributed by atoms with E-state index >= 15 is 0 Å². The van der Waals surface area contributed by atoms with Crippen molar-refractivity contribution in [1.82, 2.24) is 0 Å². The van der Waals surface area contributed by atoms with Crippen LogP contribution in [0.1, 0.15) is 39.0 Å². The first-order valence-corrected chi connectivity index (χ1v) is 7.99. The number of esters is 1. The largest absolute Gasteiger partial charge is 0.410 e. The van der Waals surface area contributed by atoms with Crippen LogP contribution in [0.5, 0.6) is 0 Å². The summed E-state index contributed by atoms with van der Waals surface area (Å²) in [6, 6.07) is 0. The molecule has 0 N–H and O–H groups in total. The highest BCUT2D eigenvalue weighted by molar-refractivity contribution is 5.69. The van der Waals surface area contributed by atoms with Gasteiger partial charge in [-0.25, -0.2) is 0 Å². The fourth-order valence-electron chi connectivity index (χ4n) is 2.54. The normalized spacial score (nSPS) is 29.0. The summed E-state index contributed by atoms with van der Waals surface area (Å²) < 4.78 is 33.3. The highest BCUT2D eigenvalue weighted by atomic mass is 19.1. The van der Waals surface area contributed by atoms with Gasteiger partial charge in [0.15, 0.2) is 0 Å². The Balaban J connectivity index is 1.60. The van der Waals surface area contributed by atoms with E-state index in [1.54, 1.807) is 0 Å². The van der Waals surface area contributed by atoms with Crippen LogP contribution in [0.25, 0.3) is 0 Å². The molecule has 0 radical (unpaired) electrons. The number of halogens is 1. The predicted molar refractivity (Wildman–Crippen MR) is 77.8 cm³/mol. The maximum Gasteiger partial charge on any atom is 0.318 e. The van der Waals surface area contributed by atoms with Gasteiger partial charge in [-0.2, -0.15) is 0 Å². The van der Waals surface area contributed by atoms with E-state index in [0.717, 1.165) is 25.7 Å². The second-order valence-electron chi connectivity index (χ2n) is 5.70. The van der Waals surface area contributed by atoms with Crippen molar-refractivity contribution in [3.63, 3.8) is 0 Å². The highest BCUT2D eigenvalue weighted by Crippen LogP contribution is 2.23. The lowest BCUT2D eigenvalue weighted by Crippen LogP contribution is -2.37. The topological polar surface area (TPSA) is 54.0 Å².